The van der Waals surface area contributed by atoms with E-state index in [9.17, 15) is 14.4 Å². The number of carbonyl (C=O) groups is 3. The highest BCUT2D eigenvalue weighted by Gasteiger charge is 2.40. The lowest BCUT2D eigenvalue weighted by Gasteiger charge is -2.22. The minimum atomic E-state index is -0.908. The van der Waals surface area contributed by atoms with E-state index in [0.29, 0.717) is 16.8 Å². The Morgan fingerprint density at radius 1 is 1.00 bits per heavy atom. The molecule has 5 nitrogen and oxygen atoms in total. The second kappa shape index (κ2) is 5.96. The Bertz CT molecular complexity index is 784. The summed E-state index contributed by atoms with van der Waals surface area (Å²) in [6.45, 7) is 1.54. The van der Waals surface area contributed by atoms with Crippen molar-refractivity contribution in [3.8, 4) is 0 Å². The zero-order valence-corrected chi connectivity index (χ0v) is 13.8. The Morgan fingerprint density at radius 3 is 2.09 bits per heavy atom. The molecule has 0 bridgehead atoms. The summed E-state index contributed by atoms with van der Waals surface area (Å²) < 4.78 is 0.725. The van der Waals surface area contributed by atoms with Crippen LogP contribution in [0.5, 0.6) is 0 Å². The number of benzene rings is 2. The first-order valence-corrected chi connectivity index (χ1v) is 7.82. The van der Waals surface area contributed by atoms with Gasteiger partial charge in [-0.3, -0.25) is 19.3 Å². The van der Waals surface area contributed by atoms with Crippen LogP contribution in [0.4, 0.5) is 5.69 Å². The van der Waals surface area contributed by atoms with Crippen molar-refractivity contribution >= 4 is 39.3 Å². The van der Waals surface area contributed by atoms with Crippen LogP contribution in [0.1, 0.15) is 27.6 Å². The summed E-state index contributed by atoms with van der Waals surface area (Å²) >= 11 is 3.34. The average molecular weight is 373 g/mol. The molecule has 6 heteroatoms. The standard InChI is InChI=1S/C17H13BrN2O3/c1-10(15(21)19-14-9-5-4-8-13(14)18)20-16(22)11-6-2-3-7-12(11)17(20)23/h2-10H,1H3,(H,19,21)/t10-/m1/s1. The molecule has 0 unspecified atom stereocenters. The highest BCUT2D eigenvalue weighted by Crippen LogP contribution is 2.26. The van der Waals surface area contributed by atoms with E-state index in [1.165, 1.54) is 6.92 Å². The van der Waals surface area contributed by atoms with Crippen LogP contribution in [0.15, 0.2) is 53.0 Å². The van der Waals surface area contributed by atoms with E-state index < -0.39 is 23.8 Å². The molecule has 3 rings (SSSR count). The number of nitrogens with zero attached hydrogens (tertiary/aromatic N) is 1. The van der Waals surface area contributed by atoms with Gasteiger partial charge in [-0.25, -0.2) is 0 Å². The molecule has 0 saturated carbocycles. The molecule has 3 amide bonds. The molecule has 116 valence electrons. The van der Waals surface area contributed by atoms with Crippen molar-refractivity contribution in [1.29, 1.82) is 0 Å². The number of halogens is 1. The van der Waals surface area contributed by atoms with Gasteiger partial charge in [0.15, 0.2) is 0 Å². The maximum absolute atomic E-state index is 12.4. The molecule has 0 radical (unpaired) electrons. The van der Waals surface area contributed by atoms with Crippen LogP contribution >= 0.6 is 15.9 Å². The Morgan fingerprint density at radius 2 is 1.52 bits per heavy atom. The number of rotatable bonds is 3. The second-order valence-electron chi connectivity index (χ2n) is 5.17. The molecule has 23 heavy (non-hydrogen) atoms. The predicted octanol–water partition coefficient (Wildman–Crippen LogP) is 3.07. The van der Waals surface area contributed by atoms with Gasteiger partial charge in [0, 0.05) is 4.47 Å². The van der Waals surface area contributed by atoms with Gasteiger partial charge < -0.3 is 5.32 Å². The summed E-state index contributed by atoms with van der Waals surface area (Å²) in [5, 5.41) is 2.72. The first-order valence-electron chi connectivity index (χ1n) is 7.03. The number of fused-ring (bicyclic) bond motifs is 1. The van der Waals surface area contributed by atoms with Gasteiger partial charge in [0.2, 0.25) is 5.91 Å². The van der Waals surface area contributed by atoms with E-state index in [-0.39, 0.29) is 0 Å². The Balaban J connectivity index is 1.83. The Kier molecular flexibility index (Phi) is 4.00. The number of carbonyl (C=O) groups excluding carboxylic acids is 3. The van der Waals surface area contributed by atoms with Crippen molar-refractivity contribution in [1.82, 2.24) is 4.90 Å². The summed E-state index contributed by atoms with van der Waals surface area (Å²) in [6.07, 6.45) is 0. The number of imide groups is 1. The fourth-order valence-electron chi connectivity index (χ4n) is 2.48. The van der Waals surface area contributed by atoms with Crippen LogP contribution in [0, 0.1) is 0 Å². The van der Waals surface area contributed by atoms with Gasteiger partial charge >= 0.3 is 0 Å². The third kappa shape index (κ3) is 2.66. The number of hydrogen-bond acceptors (Lipinski definition) is 3. The lowest BCUT2D eigenvalue weighted by atomic mass is 10.1. The molecule has 1 aliphatic rings. The first-order chi connectivity index (χ1) is 11.0. The number of para-hydroxylation sites is 1. The van der Waals surface area contributed by atoms with E-state index in [1.807, 2.05) is 6.07 Å². The van der Waals surface area contributed by atoms with Crippen molar-refractivity contribution in [2.45, 2.75) is 13.0 Å². The van der Waals surface area contributed by atoms with Crippen LogP contribution < -0.4 is 5.32 Å². The maximum atomic E-state index is 12.4. The summed E-state index contributed by atoms with van der Waals surface area (Å²) in [5.74, 6) is -1.31. The van der Waals surface area contributed by atoms with Crippen LogP contribution in [-0.4, -0.2) is 28.7 Å². The quantitative estimate of drug-likeness (QED) is 0.841. The van der Waals surface area contributed by atoms with Crippen molar-refractivity contribution < 1.29 is 14.4 Å². The summed E-state index contributed by atoms with van der Waals surface area (Å²) in [7, 11) is 0. The van der Waals surface area contributed by atoms with Crippen LogP contribution in [-0.2, 0) is 4.79 Å². The number of nitrogens with one attached hydrogen (secondary N) is 1. The topological polar surface area (TPSA) is 66.5 Å². The molecular weight excluding hydrogens is 360 g/mol. The third-order valence-electron chi connectivity index (χ3n) is 3.72. The highest BCUT2D eigenvalue weighted by atomic mass is 79.9. The van der Waals surface area contributed by atoms with E-state index in [0.717, 1.165) is 9.37 Å². The lowest BCUT2D eigenvalue weighted by molar-refractivity contribution is -0.119. The van der Waals surface area contributed by atoms with Gasteiger partial charge in [0.1, 0.15) is 6.04 Å². The molecule has 0 aliphatic carbocycles. The van der Waals surface area contributed by atoms with Crippen molar-refractivity contribution in [2.24, 2.45) is 0 Å². The number of amides is 3. The first kappa shape index (κ1) is 15.4. The van der Waals surface area contributed by atoms with E-state index in [4.69, 9.17) is 0 Å². The fourth-order valence-corrected chi connectivity index (χ4v) is 2.86. The van der Waals surface area contributed by atoms with Crippen LogP contribution in [0.2, 0.25) is 0 Å². The monoisotopic (exact) mass is 372 g/mol. The van der Waals surface area contributed by atoms with Crippen molar-refractivity contribution in [3.63, 3.8) is 0 Å². The summed E-state index contributed by atoms with van der Waals surface area (Å²) in [4.78, 5) is 38.2. The Hall–Kier alpha value is -2.47. The maximum Gasteiger partial charge on any atom is 0.262 e. The fraction of sp³-hybridized carbons (Fsp3) is 0.118. The van der Waals surface area contributed by atoms with Crippen LogP contribution in [0.3, 0.4) is 0 Å². The van der Waals surface area contributed by atoms with Crippen LogP contribution in [0.25, 0.3) is 0 Å². The molecule has 1 N–H and O–H groups in total. The zero-order valence-electron chi connectivity index (χ0n) is 12.2. The minimum Gasteiger partial charge on any atom is -0.323 e. The largest absolute Gasteiger partial charge is 0.323 e. The second-order valence-corrected chi connectivity index (χ2v) is 6.03. The van der Waals surface area contributed by atoms with E-state index in [2.05, 4.69) is 21.2 Å². The molecule has 2 aromatic rings. The SMILES string of the molecule is C[C@H](C(=O)Nc1ccccc1Br)N1C(=O)c2ccccc2C1=O. The van der Waals surface area contributed by atoms with Gasteiger partial charge in [-0.05, 0) is 47.1 Å². The number of hydrogen-bond donors (Lipinski definition) is 1. The molecule has 0 aromatic heterocycles. The highest BCUT2D eigenvalue weighted by molar-refractivity contribution is 9.10. The third-order valence-corrected chi connectivity index (χ3v) is 4.42. The average Bonchev–Trinajstić information content (AvgIpc) is 2.81. The van der Waals surface area contributed by atoms with Crippen molar-refractivity contribution in [3.05, 3.63) is 64.1 Å². The molecule has 0 fully saturated rings. The van der Waals surface area contributed by atoms with Gasteiger partial charge in [0.25, 0.3) is 11.8 Å². The molecule has 1 aliphatic heterocycles. The molecule has 0 saturated heterocycles. The van der Waals surface area contributed by atoms with E-state index in [1.54, 1.807) is 42.5 Å². The summed E-state index contributed by atoms with van der Waals surface area (Å²) in [6, 6.07) is 12.8. The van der Waals surface area contributed by atoms with Gasteiger partial charge in [-0.15, -0.1) is 0 Å². The zero-order chi connectivity index (χ0) is 16.6. The molecule has 0 spiro atoms. The summed E-state index contributed by atoms with van der Waals surface area (Å²) in [5.41, 5.74) is 1.25. The molecular formula is C17H13BrN2O3. The smallest absolute Gasteiger partial charge is 0.262 e. The number of anilines is 1. The van der Waals surface area contributed by atoms with Gasteiger partial charge in [-0.2, -0.15) is 0 Å². The van der Waals surface area contributed by atoms with Gasteiger partial charge in [0.05, 0.1) is 16.8 Å². The molecule has 2 aromatic carbocycles. The lowest BCUT2D eigenvalue weighted by Crippen LogP contribution is -2.45. The van der Waals surface area contributed by atoms with E-state index >= 15 is 0 Å². The minimum absolute atomic E-state index is 0.332. The molecule has 1 atom stereocenters. The van der Waals surface area contributed by atoms with Crippen molar-refractivity contribution in [2.75, 3.05) is 5.32 Å². The Labute approximate surface area is 141 Å². The predicted molar refractivity (Wildman–Crippen MR) is 89.2 cm³/mol. The normalized spacial score (nSPS) is 14.6. The van der Waals surface area contributed by atoms with Gasteiger partial charge in [-0.1, -0.05) is 24.3 Å². The molecule has 1 heterocycles.